The minimum atomic E-state index is -0.686. The third-order valence-corrected chi connectivity index (χ3v) is 4.79. The van der Waals surface area contributed by atoms with E-state index in [9.17, 15) is 15.2 Å². The van der Waals surface area contributed by atoms with Crippen molar-refractivity contribution in [3.8, 4) is 0 Å². The zero-order valence-electron chi connectivity index (χ0n) is 11.7. The molecule has 1 aromatic heterocycles. The Hall–Kier alpha value is -1.18. The highest BCUT2D eigenvalue weighted by atomic mass is 32.1. The molecule has 0 radical (unpaired) electrons. The Morgan fingerprint density at radius 2 is 2.45 bits per heavy atom. The normalized spacial score (nSPS) is 20.1. The molecule has 2 rings (SSSR count). The topological polar surface area (TPSA) is 75.8 Å². The minimum Gasteiger partial charge on any atom is -0.388 e. The molecule has 1 unspecified atom stereocenters. The van der Waals surface area contributed by atoms with E-state index in [1.165, 1.54) is 17.4 Å². The Morgan fingerprint density at radius 3 is 2.95 bits per heavy atom. The molecule has 0 aromatic carbocycles. The van der Waals surface area contributed by atoms with Crippen molar-refractivity contribution in [2.75, 3.05) is 24.6 Å². The van der Waals surface area contributed by atoms with Crippen LogP contribution in [0, 0.1) is 10.1 Å². The van der Waals surface area contributed by atoms with E-state index in [0.29, 0.717) is 23.0 Å². The smallest absolute Gasteiger partial charge is 0.304 e. The zero-order valence-corrected chi connectivity index (χ0v) is 12.6. The Balaban J connectivity index is 2.24. The van der Waals surface area contributed by atoms with Crippen LogP contribution in [0.2, 0.25) is 0 Å². The number of aliphatic hydroxyl groups is 1. The molecule has 20 heavy (non-hydrogen) atoms. The highest BCUT2D eigenvalue weighted by Gasteiger charge is 2.27. The van der Waals surface area contributed by atoms with Crippen LogP contribution >= 0.6 is 11.3 Å². The SMILES string of the molecule is CCN(CC1CCCO1)c1sc([C@@H](C)O)cc1[N+](=O)[O-]. The van der Waals surface area contributed by atoms with Gasteiger partial charge in [-0.1, -0.05) is 0 Å². The number of thiophene rings is 1. The summed E-state index contributed by atoms with van der Waals surface area (Å²) in [6, 6.07) is 1.48. The van der Waals surface area contributed by atoms with Crippen LogP contribution in [-0.4, -0.2) is 35.8 Å². The van der Waals surface area contributed by atoms with E-state index in [2.05, 4.69) is 0 Å². The summed E-state index contributed by atoms with van der Waals surface area (Å²) < 4.78 is 5.61. The fourth-order valence-corrected chi connectivity index (χ4v) is 3.48. The summed E-state index contributed by atoms with van der Waals surface area (Å²) in [6.45, 7) is 5.71. The van der Waals surface area contributed by atoms with Gasteiger partial charge in [-0.3, -0.25) is 10.1 Å². The number of nitro groups is 1. The van der Waals surface area contributed by atoms with Crippen molar-refractivity contribution in [1.82, 2.24) is 0 Å². The quantitative estimate of drug-likeness (QED) is 0.645. The van der Waals surface area contributed by atoms with Gasteiger partial charge in [0.2, 0.25) is 0 Å². The Labute approximate surface area is 122 Å². The van der Waals surface area contributed by atoms with Crippen molar-refractivity contribution in [3.63, 3.8) is 0 Å². The summed E-state index contributed by atoms with van der Waals surface area (Å²) in [6.07, 6.45) is 1.51. The molecule has 2 heterocycles. The summed E-state index contributed by atoms with van der Waals surface area (Å²) in [5.74, 6) is 0. The van der Waals surface area contributed by atoms with E-state index in [-0.39, 0.29) is 16.7 Å². The van der Waals surface area contributed by atoms with Crippen molar-refractivity contribution in [1.29, 1.82) is 0 Å². The second kappa shape index (κ2) is 6.51. The molecule has 1 aliphatic heterocycles. The molecule has 6 nitrogen and oxygen atoms in total. The Morgan fingerprint density at radius 1 is 1.70 bits per heavy atom. The molecule has 0 bridgehead atoms. The lowest BCUT2D eigenvalue weighted by molar-refractivity contribution is -0.383. The standard InChI is InChI=1S/C13H20N2O4S/c1-3-14(8-10-5-4-6-19-10)13-11(15(17)18)7-12(20-13)9(2)16/h7,9-10,16H,3-6,8H2,1-2H3/t9-,10?/m1/s1. The van der Waals surface area contributed by atoms with Crippen molar-refractivity contribution < 1.29 is 14.8 Å². The number of nitrogens with zero attached hydrogens (tertiary/aromatic N) is 2. The van der Waals surface area contributed by atoms with Gasteiger partial charge in [-0.05, 0) is 26.7 Å². The van der Waals surface area contributed by atoms with E-state index in [4.69, 9.17) is 4.74 Å². The summed E-state index contributed by atoms with van der Waals surface area (Å²) in [5, 5.41) is 21.4. The van der Waals surface area contributed by atoms with Gasteiger partial charge in [0.1, 0.15) is 0 Å². The second-order valence-corrected chi connectivity index (χ2v) is 6.01. The lowest BCUT2D eigenvalue weighted by Crippen LogP contribution is -2.31. The summed E-state index contributed by atoms with van der Waals surface area (Å²) in [5.41, 5.74) is 0.0748. The molecule has 1 saturated heterocycles. The minimum absolute atomic E-state index is 0.0748. The van der Waals surface area contributed by atoms with E-state index < -0.39 is 6.10 Å². The number of hydrogen-bond acceptors (Lipinski definition) is 6. The molecule has 1 aliphatic rings. The van der Waals surface area contributed by atoms with Crippen LogP contribution in [-0.2, 0) is 4.74 Å². The molecule has 1 N–H and O–H groups in total. The first-order valence-electron chi connectivity index (χ1n) is 6.85. The zero-order chi connectivity index (χ0) is 14.7. The van der Waals surface area contributed by atoms with Gasteiger partial charge in [0.15, 0.2) is 5.00 Å². The van der Waals surface area contributed by atoms with Crippen LogP contribution in [0.3, 0.4) is 0 Å². The molecule has 0 amide bonds. The van der Waals surface area contributed by atoms with E-state index in [0.717, 1.165) is 19.4 Å². The van der Waals surface area contributed by atoms with Gasteiger partial charge in [-0.15, -0.1) is 11.3 Å². The monoisotopic (exact) mass is 300 g/mol. The van der Waals surface area contributed by atoms with Crippen LogP contribution in [0.4, 0.5) is 10.7 Å². The first-order valence-corrected chi connectivity index (χ1v) is 7.67. The molecule has 1 aromatic rings. The molecular formula is C13H20N2O4S. The van der Waals surface area contributed by atoms with E-state index in [1.54, 1.807) is 6.92 Å². The predicted octanol–water partition coefficient (Wildman–Crippen LogP) is 2.71. The van der Waals surface area contributed by atoms with Crippen molar-refractivity contribution in [3.05, 3.63) is 21.1 Å². The molecule has 112 valence electrons. The molecule has 0 spiro atoms. The van der Waals surface area contributed by atoms with Crippen LogP contribution in [0.1, 0.15) is 37.7 Å². The fraction of sp³-hybridized carbons (Fsp3) is 0.692. The van der Waals surface area contributed by atoms with Gasteiger partial charge < -0.3 is 14.7 Å². The number of ether oxygens (including phenoxy) is 1. The Kier molecular flexibility index (Phi) is 4.95. The highest BCUT2D eigenvalue weighted by molar-refractivity contribution is 7.16. The number of hydrogen-bond donors (Lipinski definition) is 1. The first-order chi connectivity index (χ1) is 9.52. The molecule has 1 fully saturated rings. The van der Waals surface area contributed by atoms with Gasteiger partial charge in [0, 0.05) is 30.6 Å². The van der Waals surface area contributed by atoms with Gasteiger partial charge in [-0.25, -0.2) is 0 Å². The second-order valence-electron chi connectivity index (χ2n) is 4.95. The van der Waals surface area contributed by atoms with Gasteiger partial charge in [-0.2, -0.15) is 0 Å². The van der Waals surface area contributed by atoms with Crippen molar-refractivity contribution >= 4 is 22.0 Å². The predicted molar refractivity (Wildman–Crippen MR) is 78.5 cm³/mol. The lowest BCUT2D eigenvalue weighted by Gasteiger charge is -2.23. The molecular weight excluding hydrogens is 280 g/mol. The molecule has 7 heteroatoms. The van der Waals surface area contributed by atoms with Crippen LogP contribution < -0.4 is 4.90 Å². The summed E-state index contributed by atoms with van der Waals surface area (Å²) >= 11 is 1.29. The lowest BCUT2D eigenvalue weighted by atomic mass is 10.2. The maximum atomic E-state index is 11.2. The molecule has 0 aliphatic carbocycles. The third kappa shape index (κ3) is 3.28. The van der Waals surface area contributed by atoms with Crippen LogP contribution in [0.5, 0.6) is 0 Å². The fourth-order valence-electron chi connectivity index (χ4n) is 2.34. The molecule has 0 saturated carbocycles. The average Bonchev–Trinajstić information content (AvgIpc) is 3.04. The van der Waals surface area contributed by atoms with Gasteiger partial charge in [0.25, 0.3) is 0 Å². The average molecular weight is 300 g/mol. The number of anilines is 1. The van der Waals surface area contributed by atoms with E-state index >= 15 is 0 Å². The van der Waals surface area contributed by atoms with Gasteiger partial charge >= 0.3 is 5.69 Å². The largest absolute Gasteiger partial charge is 0.388 e. The number of aliphatic hydroxyl groups excluding tert-OH is 1. The number of likely N-dealkylation sites (N-methyl/N-ethyl adjacent to an activating group) is 1. The third-order valence-electron chi connectivity index (χ3n) is 3.44. The van der Waals surface area contributed by atoms with Crippen molar-refractivity contribution in [2.45, 2.75) is 38.9 Å². The highest BCUT2D eigenvalue weighted by Crippen LogP contribution is 2.40. The summed E-state index contributed by atoms with van der Waals surface area (Å²) in [7, 11) is 0. The van der Waals surface area contributed by atoms with Crippen LogP contribution in [0.25, 0.3) is 0 Å². The number of rotatable bonds is 6. The van der Waals surface area contributed by atoms with E-state index in [1.807, 2.05) is 11.8 Å². The maximum absolute atomic E-state index is 11.2. The van der Waals surface area contributed by atoms with Gasteiger partial charge in [0.05, 0.1) is 17.1 Å². The first kappa shape index (κ1) is 15.2. The maximum Gasteiger partial charge on any atom is 0.304 e. The molecule has 2 atom stereocenters. The van der Waals surface area contributed by atoms with Crippen molar-refractivity contribution in [2.24, 2.45) is 0 Å². The summed E-state index contributed by atoms with van der Waals surface area (Å²) in [4.78, 5) is 13.4. The Bertz CT molecular complexity index is 469. The van der Waals surface area contributed by atoms with Crippen LogP contribution in [0.15, 0.2) is 6.07 Å².